The molecule has 0 saturated carbocycles. The summed E-state index contributed by atoms with van der Waals surface area (Å²) in [5.74, 6) is 0.850. The van der Waals surface area contributed by atoms with Gasteiger partial charge in [0.05, 0.1) is 16.3 Å². The summed E-state index contributed by atoms with van der Waals surface area (Å²) in [5, 5.41) is 17.9. The number of aromatic nitrogens is 1. The van der Waals surface area contributed by atoms with Crippen LogP contribution < -0.4 is 14.3 Å². The maximum atomic E-state index is 14.7. The third-order valence-corrected chi connectivity index (χ3v) is 5.99. The first-order valence-corrected chi connectivity index (χ1v) is 11.1. The molecule has 0 N–H and O–H groups in total. The van der Waals surface area contributed by atoms with Gasteiger partial charge in [-0.25, -0.2) is 14.1 Å². The lowest BCUT2D eigenvalue weighted by Crippen LogP contribution is -2.14. The topological polar surface area (TPSA) is 91.2 Å². The van der Waals surface area contributed by atoms with Crippen LogP contribution in [0, 0.1) is 15.9 Å². The van der Waals surface area contributed by atoms with Gasteiger partial charge in [-0.05, 0) is 43.3 Å². The Morgan fingerprint density at radius 2 is 1.85 bits per heavy atom. The van der Waals surface area contributed by atoms with Crippen molar-refractivity contribution in [1.82, 2.24) is 4.68 Å². The molecule has 170 valence electrons. The minimum atomic E-state index is -0.490. The van der Waals surface area contributed by atoms with E-state index in [-0.39, 0.29) is 18.2 Å². The molecule has 1 aliphatic rings. The molecule has 0 fully saturated rings. The van der Waals surface area contributed by atoms with Gasteiger partial charge in [-0.2, -0.15) is 5.10 Å². The number of fused-ring (bicyclic) bond motifs is 1. The summed E-state index contributed by atoms with van der Waals surface area (Å²) in [6, 6.07) is 18.0. The van der Waals surface area contributed by atoms with Gasteiger partial charge in [-0.3, -0.25) is 10.1 Å². The number of hydrogen-bond acceptors (Lipinski definition) is 7. The van der Waals surface area contributed by atoms with Crippen molar-refractivity contribution in [2.75, 3.05) is 6.79 Å². The zero-order chi connectivity index (χ0) is 23.7. The number of halogens is 1. The van der Waals surface area contributed by atoms with E-state index in [1.54, 1.807) is 47.8 Å². The normalized spacial score (nSPS) is 13.4. The minimum Gasteiger partial charge on any atom is -0.454 e. The van der Waals surface area contributed by atoms with Gasteiger partial charge in [0.2, 0.25) is 11.6 Å². The van der Waals surface area contributed by atoms with Crippen molar-refractivity contribution < 1.29 is 18.8 Å². The zero-order valence-corrected chi connectivity index (χ0v) is 18.7. The molecule has 3 aromatic carbocycles. The minimum absolute atomic E-state index is 0.133. The van der Waals surface area contributed by atoms with Gasteiger partial charge in [0.15, 0.2) is 11.5 Å². The average Bonchev–Trinajstić information content (AvgIpc) is 3.46. The quantitative estimate of drug-likeness (QED) is 0.216. The highest BCUT2D eigenvalue weighted by Crippen LogP contribution is 2.33. The number of nitro groups is 1. The van der Waals surface area contributed by atoms with Crippen LogP contribution in [0.15, 0.2) is 82.2 Å². The standard InChI is InChI=1S/C24H17FN4O4S/c1-15(16-10-11-22-23(12-16)33-14-32-22)27-28-21(17-6-2-3-7-18(17)25)13-34-24(28)26-19-8-4-5-9-20(19)29(30)31/h2-13H,14H2,1H3. The van der Waals surface area contributed by atoms with Crippen molar-refractivity contribution >= 4 is 28.4 Å². The second-order valence-electron chi connectivity index (χ2n) is 7.31. The van der Waals surface area contributed by atoms with E-state index < -0.39 is 10.7 Å². The monoisotopic (exact) mass is 476 g/mol. The maximum absolute atomic E-state index is 14.7. The molecule has 1 aliphatic heterocycles. The molecular weight excluding hydrogens is 459 g/mol. The predicted octanol–water partition coefficient (Wildman–Crippen LogP) is 5.50. The molecule has 8 nitrogen and oxygen atoms in total. The number of hydrogen-bond donors (Lipinski definition) is 0. The van der Waals surface area contributed by atoms with Crippen molar-refractivity contribution in [3.63, 3.8) is 0 Å². The van der Waals surface area contributed by atoms with Gasteiger partial charge < -0.3 is 9.47 Å². The number of benzene rings is 3. The summed E-state index contributed by atoms with van der Waals surface area (Å²) < 4.78 is 27.0. The van der Waals surface area contributed by atoms with E-state index in [1.165, 1.54) is 28.1 Å². The fraction of sp³-hybridized carbons (Fsp3) is 0.0833. The fourth-order valence-electron chi connectivity index (χ4n) is 3.47. The van der Waals surface area contributed by atoms with Crippen molar-refractivity contribution in [3.8, 4) is 22.8 Å². The summed E-state index contributed by atoms with van der Waals surface area (Å²) in [6.45, 7) is 1.96. The molecule has 4 aromatic rings. The fourth-order valence-corrected chi connectivity index (χ4v) is 4.31. The van der Waals surface area contributed by atoms with Crippen LogP contribution in [0.5, 0.6) is 11.5 Å². The second kappa shape index (κ2) is 8.91. The lowest BCUT2D eigenvalue weighted by Gasteiger charge is -2.08. The molecular formula is C24H17FN4O4S. The molecule has 0 saturated heterocycles. The highest BCUT2D eigenvalue weighted by Gasteiger charge is 2.17. The molecule has 0 unspecified atom stereocenters. The molecule has 2 heterocycles. The number of para-hydroxylation sites is 2. The Morgan fingerprint density at radius 1 is 1.09 bits per heavy atom. The van der Waals surface area contributed by atoms with E-state index >= 15 is 0 Å². The Labute approximate surface area is 197 Å². The Balaban J connectivity index is 1.70. The van der Waals surface area contributed by atoms with Crippen LogP contribution in [-0.4, -0.2) is 22.1 Å². The molecule has 5 rings (SSSR count). The third kappa shape index (κ3) is 4.06. The van der Waals surface area contributed by atoms with Gasteiger partial charge >= 0.3 is 0 Å². The van der Waals surface area contributed by atoms with Crippen LogP contribution >= 0.6 is 11.3 Å². The van der Waals surface area contributed by atoms with Gasteiger partial charge in [-0.15, -0.1) is 11.3 Å². The van der Waals surface area contributed by atoms with Gasteiger partial charge in [0.1, 0.15) is 11.5 Å². The average molecular weight is 476 g/mol. The van der Waals surface area contributed by atoms with Crippen LogP contribution in [0.4, 0.5) is 15.8 Å². The molecule has 0 aliphatic carbocycles. The van der Waals surface area contributed by atoms with Crippen LogP contribution in [0.3, 0.4) is 0 Å². The molecule has 0 spiro atoms. The third-order valence-electron chi connectivity index (χ3n) is 5.17. The number of rotatable bonds is 5. The summed E-state index contributed by atoms with van der Waals surface area (Å²) in [5.41, 5.74) is 2.24. The van der Waals surface area contributed by atoms with Crippen LogP contribution in [-0.2, 0) is 0 Å². The van der Waals surface area contributed by atoms with E-state index in [1.807, 2.05) is 19.1 Å². The molecule has 0 bridgehead atoms. The van der Waals surface area contributed by atoms with Gasteiger partial charge in [0, 0.05) is 22.6 Å². The van der Waals surface area contributed by atoms with Gasteiger partial charge in [0.25, 0.3) is 5.69 Å². The predicted molar refractivity (Wildman–Crippen MR) is 126 cm³/mol. The highest BCUT2D eigenvalue weighted by atomic mass is 32.1. The molecule has 34 heavy (non-hydrogen) atoms. The molecule has 0 atom stereocenters. The van der Waals surface area contributed by atoms with Crippen molar-refractivity contribution in [1.29, 1.82) is 0 Å². The summed E-state index contributed by atoms with van der Waals surface area (Å²) >= 11 is 1.21. The lowest BCUT2D eigenvalue weighted by molar-refractivity contribution is -0.384. The Kier molecular flexibility index (Phi) is 5.64. The highest BCUT2D eigenvalue weighted by molar-refractivity contribution is 7.07. The first-order valence-electron chi connectivity index (χ1n) is 10.2. The summed E-state index contributed by atoms with van der Waals surface area (Å²) in [7, 11) is 0. The van der Waals surface area contributed by atoms with E-state index in [0.29, 0.717) is 33.3 Å². The summed E-state index contributed by atoms with van der Waals surface area (Å²) in [4.78, 5) is 15.8. The number of nitro benzene ring substituents is 1. The Hall–Kier alpha value is -4.31. The maximum Gasteiger partial charge on any atom is 0.294 e. The first kappa shape index (κ1) is 21.5. The Bertz CT molecular complexity index is 1510. The second-order valence-corrected chi connectivity index (χ2v) is 8.14. The van der Waals surface area contributed by atoms with Crippen molar-refractivity contribution in [2.24, 2.45) is 10.1 Å². The number of thiazole rings is 1. The van der Waals surface area contributed by atoms with E-state index in [4.69, 9.17) is 14.6 Å². The van der Waals surface area contributed by atoms with Crippen molar-refractivity contribution in [3.05, 3.63) is 98.4 Å². The molecule has 0 radical (unpaired) electrons. The number of nitrogens with zero attached hydrogens (tertiary/aromatic N) is 4. The molecule has 10 heteroatoms. The SMILES string of the molecule is CC(=Nn1c(-c2ccccc2F)csc1=Nc1ccccc1[N+](=O)[O-])c1ccc2c(c1)OCO2. The summed E-state index contributed by atoms with van der Waals surface area (Å²) in [6.07, 6.45) is 0. The van der Waals surface area contributed by atoms with E-state index in [0.717, 1.165) is 5.56 Å². The van der Waals surface area contributed by atoms with Crippen LogP contribution in [0.25, 0.3) is 11.3 Å². The Morgan fingerprint density at radius 3 is 2.68 bits per heavy atom. The van der Waals surface area contributed by atoms with Crippen LogP contribution in [0.1, 0.15) is 12.5 Å². The zero-order valence-electron chi connectivity index (χ0n) is 17.8. The molecule has 0 amide bonds. The number of ether oxygens (including phenoxy) is 2. The lowest BCUT2D eigenvalue weighted by atomic mass is 10.1. The van der Waals surface area contributed by atoms with Crippen LogP contribution in [0.2, 0.25) is 0 Å². The first-order chi connectivity index (χ1) is 16.5. The van der Waals surface area contributed by atoms with E-state index in [2.05, 4.69) is 4.99 Å². The smallest absolute Gasteiger partial charge is 0.294 e. The van der Waals surface area contributed by atoms with Gasteiger partial charge in [-0.1, -0.05) is 24.3 Å². The largest absolute Gasteiger partial charge is 0.454 e. The van der Waals surface area contributed by atoms with Crippen molar-refractivity contribution in [2.45, 2.75) is 6.92 Å². The molecule has 1 aromatic heterocycles. The van der Waals surface area contributed by atoms with E-state index in [9.17, 15) is 14.5 Å².